The first kappa shape index (κ1) is 14.6. The summed E-state index contributed by atoms with van der Waals surface area (Å²) < 4.78 is 0. The zero-order valence-corrected chi connectivity index (χ0v) is 11.7. The van der Waals surface area contributed by atoms with Crippen molar-refractivity contribution in [1.82, 2.24) is 0 Å². The van der Waals surface area contributed by atoms with Gasteiger partial charge in [-0.2, -0.15) is 0 Å². The Labute approximate surface area is 109 Å². The Balaban J connectivity index is 2.85. The quantitative estimate of drug-likeness (QED) is 0.564. The van der Waals surface area contributed by atoms with Crippen LogP contribution in [0.5, 0.6) is 0 Å². The van der Waals surface area contributed by atoms with Crippen molar-refractivity contribution in [2.75, 3.05) is 0 Å². The van der Waals surface area contributed by atoms with E-state index >= 15 is 0 Å². The van der Waals surface area contributed by atoms with E-state index in [9.17, 15) is 9.59 Å². The van der Waals surface area contributed by atoms with Gasteiger partial charge < -0.3 is 0 Å². The Hall–Kier alpha value is -1.44. The van der Waals surface area contributed by atoms with E-state index in [1.807, 2.05) is 24.3 Å². The minimum atomic E-state index is -0.926. The molecule has 98 valence electrons. The molecule has 0 radical (unpaired) electrons. The minimum absolute atomic E-state index is 0.0949. The number of carbonyl (C=O) groups is 2. The van der Waals surface area contributed by atoms with Crippen molar-refractivity contribution in [3.8, 4) is 0 Å². The van der Waals surface area contributed by atoms with Gasteiger partial charge >= 0.3 is 0 Å². The molecule has 18 heavy (non-hydrogen) atoms. The second-order valence-corrected chi connectivity index (χ2v) is 5.31. The van der Waals surface area contributed by atoms with Crippen molar-refractivity contribution in [3.63, 3.8) is 0 Å². The summed E-state index contributed by atoms with van der Waals surface area (Å²) in [6.45, 7) is 6.99. The van der Waals surface area contributed by atoms with Crippen LogP contribution in [0.2, 0.25) is 0 Å². The lowest BCUT2D eigenvalue weighted by Gasteiger charge is -2.19. The van der Waals surface area contributed by atoms with E-state index in [-0.39, 0.29) is 11.6 Å². The Morgan fingerprint density at radius 3 is 2.11 bits per heavy atom. The molecule has 0 atom stereocenters. The number of hydrogen-bond acceptors (Lipinski definition) is 2. The van der Waals surface area contributed by atoms with E-state index in [0.717, 1.165) is 19.3 Å². The van der Waals surface area contributed by atoms with Crippen LogP contribution >= 0.6 is 0 Å². The first-order valence-electron chi connectivity index (χ1n) is 6.54. The molecular weight excluding hydrogens is 224 g/mol. The summed E-state index contributed by atoms with van der Waals surface area (Å²) in [5.74, 6) is -0.195. The maximum atomic E-state index is 12.2. The third kappa shape index (κ3) is 3.28. The maximum Gasteiger partial charge on any atom is 0.175 e. The van der Waals surface area contributed by atoms with Gasteiger partial charge in [0.1, 0.15) is 5.78 Å². The van der Waals surface area contributed by atoms with E-state index in [4.69, 9.17) is 0 Å². The van der Waals surface area contributed by atoms with Crippen molar-refractivity contribution < 1.29 is 9.59 Å². The molecule has 1 aromatic rings. The van der Waals surface area contributed by atoms with Gasteiger partial charge in [0.25, 0.3) is 0 Å². The van der Waals surface area contributed by atoms with Crippen molar-refractivity contribution in [2.45, 2.75) is 47.0 Å². The molecule has 0 saturated heterocycles. The van der Waals surface area contributed by atoms with Crippen molar-refractivity contribution in [3.05, 3.63) is 35.4 Å². The van der Waals surface area contributed by atoms with Crippen LogP contribution in [0.3, 0.4) is 0 Å². The number of carbonyl (C=O) groups excluding carboxylic acids is 2. The second kappa shape index (κ2) is 5.94. The predicted molar refractivity (Wildman–Crippen MR) is 73.8 cm³/mol. The van der Waals surface area contributed by atoms with Gasteiger partial charge in [-0.05, 0) is 39.2 Å². The number of benzene rings is 1. The fourth-order valence-corrected chi connectivity index (χ4v) is 1.72. The first-order chi connectivity index (χ1) is 8.39. The topological polar surface area (TPSA) is 34.1 Å². The molecule has 2 nitrogen and oxygen atoms in total. The van der Waals surface area contributed by atoms with Crippen molar-refractivity contribution in [2.24, 2.45) is 5.41 Å². The van der Waals surface area contributed by atoms with E-state index in [0.29, 0.717) is 5.56 Å². The van der Waals surface area contributed by atoms with Gasteiger partial charge in [0.2, 0.25) is 0 Å². The average molecular weight is 246 g/mol. The molecular formula is C16H22O2. The Morgan fingerprint density at radius 1 is 1.11 bits per heavy atom. The SMILES string of the molecule is CCCCc1ccc(C(=O)C(C)(C)C(C)=O)cc1. The monoisotopic (exact) mass is 246 g/mol. The van der Waals surface area contributed by atoms with Gasteiger partial charge in [0.05, 0.1) is 5.41 Å². The maximum absolute atomic E-state index is 12.2. The lowest BCUT2D eigenvalue weighted by molar-refractivity contribution is -0.122. The highest BCUT2D eigenvalue weighted by molar-refractivity contribution is 6.13. The van der Waals surface area contributed by atoms with Crippen LogP contribution < -0.4 is 0 Å². The fraction of sp³-hybridized carbons (Fsp3) is 0.500. The molecule has 0 aliphatic rings. The zero-order chi connectivity index (χ0) is 13.8. The molecule has 0 N–H and O–H groups in total. The van der Waals surface area contributed by atoms with E-state index < -0.39 is 5.41 Å². The number of rotatable bonds is 6. The van der Waals surface area contributed by atoms with Crippen LogP contribution in [-0.2, 0) is 11.2 Å². The first-order valence-corrected chi connectivity index (χ1v) is 6.54. The van der Waals surface area contributed by atoms with Crippen molar-refractivity contribution >= 4 is 11.6 Å². The molecule has 0 fully saturated rings. The molecule has 0 bridgehead atoms. The molecule has 2 heteroatoms. The molecule has 0 spiro atoms. The largest absolute Gasteiger partial charge is 0.299 e. The summed E-state index contributed by atoms with van der Waals surface area (Å²) in [7, 11) is 0. The van der Waals surface area contributed by atoms with Crippen LogP contribution in [0.15, 0.2) is 24.3 Å². The summed E-state index contributed by atoms with van der Waals surface area (Å²) in [6, 6.07) is 7.63. The van der Waals surface area contributed by atoms with E-state index in [1.54, 1.807) is 13.8 Å². The smallest absolute Gasteiger partial charge is 0.175 e. The highest BCUT2D eigenvalue weighted by Crippen LogP contribution is 2.23. The Bertz CT molecular complexity index is 427. The van der Waals surface area contributed by atoms with Gasteiger partial charge in [-0.15, -0.1) is 0 Å². The number of aryl methyl sites for hydroxylation is 1. The van der Waals surface area contributed by atoms with Gasteiger partial charge in [-0.3, -0.25) is 9.59 Å². The van der Waals surface area contributed by atoms with Gasteiger partial charge in [-0.25, -0.2) is 0 Å². The third-order valence-corrected chi connectivity index (χ3v) is 3.48. The van der Waals surface area contributed by atoms with E-state index in [2.05, 4.69) is 6.92 Å². The number of ketones is 2. The van der Waals surface area contributed by atoms with Crippen LogP contribution in [0.25, 0.3) is 0 Å². The van der Waals surface area contributed by atoms with Crippen LogP contribution in [0.4, 0.5) is 0 Å². The number of hydrogen-bond donors (Lipinski definition) is 0. The van der Waals surface area contributed by atoms with Crippen molar-refractivity contribution in [1.29, 1.82) is 0 Å². The summed E-state index contributed by atoms with van der Waals surface area (Å²) >= 11 is 0. The van der Waals surface area contributed by atoms with Gasteiger partial charge in [0.15, 0.2) is 5.78 Å². The third-order valence-electron chi connectivity index (χ3n) is 3.48. The highest BCUT2D eigenvalue weighted by Gasteiger charge is 2.33. The zero-order valence-electron chi connectivity index (χ0n) is 11.7. The molecule has 1 rings (SSSR count). The summed E-state index contributed by atoms with van der Waals surface area (Å²) in [5.41, 5.74) is 0.940. The second-order valence-electron chi connectivity index (χ2n) is 5.31. The lowest BCUT2D eigenvalue weighted by atomic mass is 9.81. The summed E-state index contributed by atoms with van der Waals surface area (Å²) in [6.07, 6.45) is 3.37. The Morgan fingerprint density at radius 2 is 1.67 bits per heavy atom. The number of Topliss-reactive ketones (excluding diaryl/α,β-unsaturated/α-hetero) is 2. The summed E-state index contributed by atoms with van der Waals surface area (Å²) in [4.78, 5) is 23.7. The molecule has 0 saturated carbocycles. The van der Waals surface area contributed by atoms with E-state index in [1.165, 1.54) is 12.5 Å². The molecule has 0 aromatic heterocycles. The average Bonchev–Trinajstić information content (AvgIpc) is 2.35. The predicted octanol–water partition coefficient (Wildman–Crippen LogP) is 3.83. The van der Waals surface area contributed by atoms with Crippen LogP contribution in [-0.4, -0.2) is 11.6 Å². The van der Waals surface area contributed by atoms with Gasteiger partial charge in [-0.1, -0.05) is 37.6 Å². The standard InChI is InChI=1S/C16H22O2/c1-5-6-7-13-8-10-14(11-9-13)15(18)16(3,4)12(2)17/h8-11H,5-7H2,1-4H3. The molecule has 0 amide bonds. The number of unbranched alkanes of at least 4 members (excludes halogenated alkanes) is 1. The molecule has 0 unspecified atom stereocenters. The lowest BCUT2D eigenvalue weighted by Crippen LogP contribution is -2.31. The molecule has 0 heterocycles. The van der Waals surface area contributed by atoms with Gasteiger partial charge in [0, 0.05) is 5.56 Å². The molecule has 1 aromatic carbocycles. The molecule has 0 aliphatic carbocycles. The van der Waals surface area contributed by atoms with Crippen LogP contribution in [0.1, 0.15) is 56.5 Å². The molecule has 0 aliphatic heterocycles. The minimum Gasteiger partial charge on any atom is -0.299 e. The highest BCUT2D eigenvalue weighted by atomic mass is 16.2. The summed E-state index contributed by atoms with van der Waals surface area (Å²) in [5, 5.41) is 0. The normalized spacial score (nSPS) is 11.3. The van der Waals surface area contributed by atoms with Crippen LogP contribution in [0, 0.1) is 5.41 Å². The Kier molecular flexibility index (Phi) is 4.83. The fourth-order valence-electron chi connectivity index (χ4n) is 1.72.